The predicted octanol–water partition coefficient (Wildman–Crippen LogP) is 2.68. The molecule has 0 radical (unpaired) electrons. The van der Waals surface area contributed by atoms with Crippen LogP contribution < -0.4 is 4.72 Å². The second kappa shape index (κ2) is 5.56. The number of hydrogen-bond donors (Lipinski definition) is 1. The Kier molecular flexibility index (Phi) is 4.70. The molecule has 0 aliphatic heterocycles. The van der Waals surface area contributed by atoms with Gasteiger partial charge in [-0.3, -0.25) is 10.1 Å². The Labute approximate surface area is 120 Å². The van der Waals surface area contributed by atoms with Gasteiger partial charge in [0.1, 0.15) is 0 Å². The molecule has 0 atom stereocenters. The van der Waals surface area contributed by atoms with Crippen molar-refractivity contribution in [2.45, 2.75) is 25.7 Å². The third-order valence-electron chi connectivity index (χ3n) is 2.20. The first-order valence-corrected chi connectivity index (χ1v) is 7.74. The van der Waals surface area contributed by atoms with Crippen molar-refractivity contribution in [3.05, 3.63) is 32.8 Å². The minimum atomic E-state index is -3.91. The van der Waals surface area contributed by atoms with Crippen LogP contribution in [0, 0.1) is 15.5 Å². The summed E-state index contributed by atoms with van der Waals surface area (Å²) >= 11 is 3.11. The smallest absolute Gasteiger partial charge is 0.258 e. The molecule has 0 unspecified atom stereocenters. The molecule has 0 aliphatic carbocycles. The molecular weight excluding hydrogens is 336 g/mol. The molecule has 106 valence electrons. The number of nitro groups is 1. The zero-order valence-electron chi connectivity index (χ0n) is 10.8. The summed E-state index contributed by atoms with van der Waals surface area (Å²) < 4.78 is 27.1. The van der Waals surface area contributed by atoms with Crippen LogP contribution in [0.2, 0.25) is 0 Å². The summed E-state index contributed by atoms with van der Waals surface area (Å²) in [6, 6.07) is 3.82. The third-order valence-corrected chi connectivity index (χ3v) is 4.12. The van der Waals surface area contributed by atoms with E-state index in [4.69, 9.17) is 0 Å². The van der Waals surface area contributed by atoms with Gasteiger partial charge in [0.05, 0.1) is 4.92 Å². The van der Waals surface area contributed by atoms with Crippen molar-refractivity contribution in [2.75, 3.05) is 6.54 Å². The van der Waals surface area contributed by atoms with Crippen molar-refractivity contribution in [3.63, 3.8) is 0 Å². The number of rotatable bonds is 4. The molecule has 1 N–H and O–H groups in total. The summed E-state index contributed by atoms with van der Waals surface area (Å²) in [5, 5.41) is 10.9. The van der Waals surface area contributed by atoms with Gasteiger partial charge in [-0.05, 0) is 17.5 Å². The highest BCUT2D eigenvalue weighted by Crippen LogP contribution is 2.27. The maximum absolute atomic E-state index is 12.1. The minimum Gasteiger partial charge on any atom is -0.258 e. The number of sulfonamides is 1. The zero-order chi connectivity index (χ0) is 14.8. The van der Waals surface area contributed by atoms with Gasteiger partial charge in [-0.2, -0.15) is 0 Å². The van der Waals surface area contributed by atoms with Crippen LogP contribution >= 0.6 is 15.9 Å². The van der Waals surface area contributed by atoms with Gasteiger partial charge in [0.25, 0.3) is 5.69 Å². The Morgan fingerprint density at radius 3 is 2.42 bits per heavy atom. The Hall–Kier alpha value is -0.990. The second-order valence-electron chi connectivity index (χ2n) is 5.25. The Balaban J connectivity index is 3.21. The van der Waals surface area contributed by atoms with Gasteiger partial charge < -0.3 is 0 Å². The molecule has 6 nitrogen and oxygen atoms in total. The molecule has 0 spiro atoms. The lowest BCUT2D eigenvalue weighted by Gasteiger charge is -2.18. The van der Waals surface area contributed by atoms with Crippen LogP contribution in [0.3, 0.4) is 0 Å². The van der Waals surface area contributed by atoms with Gasteiger partial charge in [0.2, 0.25) is 10.0 Å². The molecular formula is C11H15BrN2O4S. The summed E-state index contributed by atoms with van der Waals surface area (Å²) in [6.07, 6.45) is 0. The third kappa shape index (κ3) is 4.55. The van der Waals surface area contributed by atoms with Gasteiger partial charge in [-0.1, -0.05) is 36.7 Å². The minimum absolute atomic E-state index is 0.193. The number of nitro benzene ring substituents is 1. The van der Waals surface area contributed by atoms with Gasteiger partial charge in [0.15, 0.2) is 4.90 Å². The SMILES string of the molecule is CC(C)(C)CNS(=O)(=O)c1cc(Br)ccc1[N+](=O)[O-]. The van der Waals surface area contributed by atoms with Crippen molar-refractivity contribution in [2.24, 2.45) is 5.41 Å². The molecule has 0 bridgehead atoms. The average Bonchev–Trinajstić information content (AvgIpc) is 2.25. The van der Waals surface area contributed by atoms with E-state index < -0.39 is 20.6 Å². The lowest BCUT2D eigenvalue weighted by Crippen LogP contribution is -2.32. The molecule has 0 aliphatic rings. The van der Waals surface area contributed by atoms with Crippen LogP contribution in [0.4, 0.5) is 5.69 Å². The van der Waals surface area contributed by atoms with Crippen LogP contribution in [0.25, 0.3) is 0 Å². The normalized spacial score (nSPS) is 12.4. The fourth-order valence-electron chi connectivity index (χ4n) is 1.24. The lowest BCUT2D eigenvalue weighted by molar-refractivity contribution is -0.387. The highest BCUT2D eigenvalue weighted by molar-refractivity contribution is 9.10. The van der Waals surface area contributed by atoms with E-state index in [0.717, 1.165) is 6.07 Å². The van der Waals surface area contributed by atoms with Crippen LogP contribution in [0.1, 0.15) is 20.8 Å². The fourth-order valence-corrected chi connectivity index (χ4v) is 3.23. The molecule has 0 saturated heterocycles. The highest BCUT2D eigenvalue weighted by Gasteiger charge is 2.27. The fraction of sp³-hybridized carbons (Fsp3) is 0.455. The van der Waals surface area contributed by atoms with Crippen LogP contribution in [-0.2, 0) is 10.0 Å². The first kappa shape index (κ1) is 16.1. The topological polar surface area (TPSA) is 89.3 Å². The molecule has 0 amide bonds. The van der Waals surface area contributed by atoms with E-state index in [9.17, 15) is 18.5 Å². The lowest BCUT2D eigenvalue weighted by atomic mass is 9.98. The molecule has 19 heavy (non-hydrogen) atoms. The van der Waals surface area contributed by atoms with Crippen LogP contribution in [0.15, 0.2) is 27.6 Å². The monoisotopic (exact) mass is 350 g/mol. The molecule has 1 rings (SSSR count). The number of nitrogens with zero attached hydrogens (tertiary/aromatic N) is 1. The Morgan fingerprint density at radius 1 is 1.37 bits per heavy atom. The van der Waals surface area contributed by atoms with E-state index in [0.29, 0.717) is 4.47 Å². The van der Waals surface area contributed by atoms with Gasteiger partial charge in [0, 0.05) is 17.1 Å². The Morgan fingerprint density at radius 2 is 1.95 bits per heavy atom. The number of benzene rings is 1. The van der Waals surface area contributed by atoms with E-state index in [1.54, 1.807) is 0 Å². The highest BCUT2D eigenvalue weighted by atomic mass is 79.9. The predicted molar refractivity (Wildman–Crippen MR) is 75.4 cm³/mol. The second-order valence-corrected chi connectivity index (χ2v) is 7.91. The maximum atomic E-state index is 12.1. The van der Waals surface area contributed by atoms with Crippen molar-refractivity contribution in [3.8, 4) is 0 Å². The standard InChI is InChI=1S/C11H15BrN2O4S/c1-11(2,3)7-13-19(17,18)10-6-8(12)4-5-9(10)14(15)16/h4-6,13H,7H2,1-3H3. The summed E-state index contributed by atoms with van der Waals surface area (Å²) in [5.74, 6) is 0. The van der Waals surface area contributed by atoms with Crippen LogP contribution in [-0.4, -0.2) is 19.9 Å². The number of halogens is 1. The first-order chi connectivity index (χ1) is 8.53. The van der Waals surface area contributed by atoms with E-state index >= 15 is 0 Å². The zero-order valence-corrected chi connectivity index (χ0v) is 13.2. The Bertz CT molecular complexity index is 593. The van der Waals surface area contributed by atoms with E-state index in [2.05, 4.69) is 20.7 Å². The molecule has 0 saturated carbocycles. The molecule has 8 heteroatoms. The van der Waals surface area contributed by atoms with Gasteiger partial charge in [-0.15, -0.1) is 0 Å². The molecule has 0 heterocycles. The number of nitrogens with one attached hydrogen (secondary N) is 1. The molecule has 0 fully saturated rings. The largest absolute Gasteiger partial charge is 0.289 e. The van der Waals surface area contributed by atoms with E-state index in [-0.39, 0.29) is 16.9 Å². The van der Waals surface area contributed by atoms with Gasteiger partial charge >= 0.3 is 0 Å². The summed E-state index contributed by atoms with van der Waals surface area (Å²) in [4.78, 5) is 9.83. The number of hydrogen-bond acceptors (Lipinski definition) is 4. The molecule has 1 aromatic carbocycles. The van der Waals surface area contributed by atoms with Crippen molar-refractivity contribution in [1.29, 1.82) is 0 Å². The quantitative estimate of drug-likeness (QED) is 0.667. The van der Waals surface area contributed by atoms with Crippen molar-refractivity contribution >= 4 is 31.6 Å². The first-order valence-electron chi connectivity index (χ1n) is 5.46. The van der Waals surface area contributed by atoms with E-state index in [1.807, 2.05) is 20.8 Å². The van der Waals surface area contributed by atoms with Gasteiger partial charge in [-0.25, -0.2) is 13.1 Å². The van der Waals surface area contributed by atoms with Crippen molar-refractivity contribution in [1.82, 2.24) is 4.72 Å². The molecule has 0 aromatic heterocycles. The van der Waals surface area contributed by atoms with Crippen molar-refractivity contribution < 1.29 is 13.3 Å². The summed E-state index contributed by atoms with van der Waals surface area (Å²) in [7, 11) is -3.91. The molecule has 1 aromatic rings. The summed E-state index contributed by atoms with van der Waals surface area (Å²) in [6.45, 7) is 5.79. The summed E-state index contributed by atoms with van der Waals surface area (Å²) in [5.41, 5.74) is -0.696. The van der Waals surface area contributed by atoms with Crippen LogP contribution in [0.5, 0.6) is 0 Å². The average molecular weight is 351 g/mol. The maximum Gasteiger partial charge on any atom is 0.289 e. The van der Waals surface area contributed by atoms with E-state index in [1.165, 1.54) is 12.1 Å².